The molecule has 1 aliphatic heterocycles. The van der Waals surface area contributed by atoms with Gasteiger partial charge < -0.3 is 9.88 Å². The Hall–Kier alpha value is -1.61. The van der Waals surface area contributed by atoms with Crippen molar-refractivity contribution < 1.29 is 0 Å². The Kier molecular flexibility index (Phi) is 2.03. The topological polar surface area (TPSA) is 29.9 Å². The fraction of sp³-hybridized carbons (Fsp3) is 0.250. The summed E-state index contributed by atoms with van der Waals surface area (Å²) in [6.45, 7) is 3.08. The van der Waals surface area contributed by atoms with Crippen molar-refractivity contribution in [3.8, 4) is 11.3 Å². The summed E-state index contributed by atoms with van der Waals surface area (Å²) >= 11 is 0. The maximum atomic E-state index is 4.36. The standard InChI is InChI=1S/C12H13N3/c1-2-4-14-12(3-1)10-7-11-8-13-5-6-15(11)9-10/h1-4,7,9,13H,5-6,8H2. The van der Waals surface area contributed by atoms with Gasteiger partial charge in [0.2, 0.25) is 0 Å². The highest BCUT2D eigenvalue weighted by molar-refractivity contribution is 5.59. The van der Waals surface area contributed by atoms with Crippen molar-refractivity contribution in [3.63, 3.8) is 0 Å². The summed E-state index contributed by atoms with van der Waals surface area (Å²) in [6.07, 6.45) is 4.03. The zero-order chi connectivity index (χ0) is 10.1. The smallest absolute Gasteiger partial charge is 0.0717 e. The van der Waals surface area contributed by atoms with E-state index >= 15 is 0 Å². The van der Waals surface area contributed by atoms with Crippen LogP contribution < -0.4 is 5.32 Å². The molecule has 0 atom stereocenters. The molecule has 0 saturated heterocycles. The number of pyridine rings is 1. The second kappa shape index (κ2) is 3.51. The highest BCUT2D eigenvalue weighted by Gasteiger charge is 2.10. The average Bonchev–Trinajstić information content (AvgIpc) is 2.74. The van der Waals surface area contributed by atoms with Gasteiger partial charge in [-0.05, 0) is 18.2 Å². The van der Waals surface area contributed by atoms with Gasteiger partial charge >= 0.3 is 0 Å². The van der Waals surface area contributed by atoms with Crippen molar-refractivity contribution in [1.82, 2.24) is 14.9 Å². The highest BCUT2D eigenvalue weighted by Crippen LogP contribution is 2.20. The van der Waals surface area contributed by atoms with Crippen molar-refractivity contribution in [3.05, 3.63) is 42.4 Å². The summed E-state index contributed by atoms with van der Waals surface area (Å²) in [5.74, 6) is 0. The Balaban J connectivity index is 2.03. The molecule has 15 heavy (non-hydrogen) atoms. The van der Waals surface area contributed by atoms with E-state index < -0.39 is 0 Å². The third kappa shape index (κ3) is 1.55. The molecule has 1 aliphatic rings. The minimum absolute atomic E-state index is 0.965. The van der Waals surface area contributed by atoms with Gasteiger partial charge in [0.05, 0.1) is 5.69 Å². The molecule has 0 saturated carbocycles. The molecule has 0 radical (unpaired) electrons. The van der Waals surface area contributed by atoms with E-state index in [1.807, 2.05) is 18.3 Å². The van der Waals surface area contributed by atoms with E-state index in [0.717, 1.165) is 25.3 Å². The quantitative estimate of drug-likeness (QED) is 0.757. The van der Waals surface area contributed by atoms with Crippen LogP contribution >= 0.6 is 0 Å². The highest BCUT2D eigenvalue weighted by atomic mass is 15.1. The number of hydrogen-bond acceptors (Lipinski definition) is 2. The Bertz CT molecular complexity index is 435. The summed E-state index contributed by atoms with van der Waals surface area (Å²) in [5, 5.41) is 3.36. The van der Waals surface area contributed by atoms with Crippen LogP contribution in [-0.4, -0.2) is 16.1 Å². The second-order valence-corrected chi connectivity index (χ2v) is 3.81. The Morgan fingerprint density at radius 1 is 1.33 bits per heavy atom. The zero-order valence-electron chi connectivity index (χ0n) is 8.48. The fourth-order valence-electron chi connectivity index (χ4n) is 2.00. The second-order valence-electron chi connectivity index (χ2n) is 3.81. The molecule has 0 spiro atoms. The van der Waals surface area contributed by atoms with Gasteiger partial charge in [0.15, 0.2) is 0 Å². The predicted molar refractivity (Wildman–Crippen MR) is 59.4 cm³/mol. The monoisotopic (exact) mass is 199 g/mol. The Morgan fingerprint density at radius 3 is 3.13 bits per heavy atom. The minimum Gasteiger partial charge on any atom is -0.348 e. The van der Waals surface area contributed by atoms with Crippen LogP contribution in [0.2, 0.25) is 0 Å². The van der Waals surface area contributed by atoms with E-state index in [9.17, 15) is 0 Å². The van der Waals surface area contributed by atoms with Crippen LogP contribution in [0.3, 0.4) is 0 Å². The summed E-state index contributed by atoms with van der Waals surface area (Å²) in [4.78, 5) is 4.36. The number of nitrogens with one attached hydrogen (secondary N) is 1. The first-order chi connectivity index (χ1) is 7.43. The van der Waals surface area contributed by atoms with E-state index in [1.165, 1.54) is 11.3 Å². The lowest BCUT2D eigenvalue weighted by Gasteiger charge is -2.15. The Morgan fingerprint density at radius 2 is 2.33 bits per heavy atom. The molecular weight excluding hydrogens is 186 g/mol. The molecule has 0 amide bonds. The molecule has 0 unspecified atom stereocenters. The molecule has 3 rings (SSSR count). The minimum atomic E-state index is 0.965. The van der Waals surface area contributed by atoms with E-state index in [-0.39, 0.29) is 0 Å². The van der Waals surface area contributed by atoms with Crippen LogP contribution in [0.1, 0.15) is 5.69 Å². The summed E-state index contributed by atoms with van der Waals surface area (Å²) in [6, 6.07) is 8.24. The molecule has 2 aromatic heterocycles. The van der Waals surface area contributed by atoms with E-state index in [2.05, 4.69) is 33.2 Å². The van der Waals surface area contributed by atoms with Crippen LogP contribution in [0.4, 0.5) is 0 Å². The summed E-state index contributed by atoms with van der Waals surface area (Å²) < 4.78 is 2.31. The van der Waals surface area contributed by atoms with Crippen molar-refractivity contribution in [2.75, 3.05) is 6.54 Å². The molecular formula is C12H13N3. The summed E-state index contributed by atoms with van der Waals surface area (Å²) in [7, 11) is 0. The third-order valence-corrected chi connectivity index (χ3v) is 2.78. The summed E-state index contributed by atoms with van der Waals surface area (Å²) in [5.41, 5.74) is 3.62. The van der Waals surface area contributed by atoms with Crippen LogP contribution in [0.5, 0.6) is 0 Å². The number of nitrogens with zero attached hydrogens (tertiary/aromatic N) is 2. The molecule has 0 bridgehead atoms. The Labute approximate surface area is 88.8 Å². The van der Waals surface area contributed by atoms with Gasteiger partial charge in [0.1, 0.15) is 0 Å². The lowest BCUT2D eigenvalue weighted by atomic mass is 10.2. The van der Waals surface area contributed by atoms with Gasteiger partial charge in [-0.15, -0.1) is 0 Å². The van der Waals surface area contributed by atoms with Crippen molar-refractivity contribution >= 4 is 0 Å². The van der Waals surface area contributed by atoms with Crippen LogP contribution in [0.25, 0.3) is 11.3 Å². The number of hydrogen-bond donors (Lipinski definition) is 1. The molecule has 1 N–H and O–H groups in total. The third-order valence-electron chi connectivity index (χ3n) is 2.78. The first-order valence-electron chi connectivity index (χ1n) is 5.25. The molecule has 3 nitrogen and oxygen atoms in total. The molecule has 3 heterocycles. The molecule has 0 aromatic carbocycles. The lowest BCUT2D eigenvalue weighted by Crippen LogP contribution is -2.27. The predicted octanol–water partition coefficient (Wildman–Crippen LogP) is 1.65. The average molecular weight is 199 g/mol. The van der Waals surface area contributed by atoms with E-state index in [0.29, 0.717) is 0 Å². The molecule has 3 heteroatoms. The SMILES string of the molecule is c1ccc(-c2cc3n(c2)CCNC3)nc1. The van der Waals surface area contributed by atoms with E-state index in [1.54, 1.807) is 0 Å². The zero-order valence-corrected chi connectivity index (χ0v) is 8.48. The normalized spacial score (nSPS) is 14.9. The van der Waals surface area contributed by atoms with Gasteiger partial charge in [-0.3, -0.25) is 4.98 Å². The van der Waals surface area contributed by atoms with Gasteiger partial charge in [0.25, 0.3) is 0 Å². The van der Waals surface area contributed by atoms with Crippen LogP contribution in [0.15, 0.2) is 36.7 Å². The largest absolute Gasteiger partial charge is 0.348 e. The number of rotatable bonds is 1. The molecule has 76 valence electrons. The molecule has 0 fully saturated rings. The van der Waals surface area contributed by atoms with Crippen LogP contribution in [-0.2, 0) is 13.1 Å². The maximum absolute atomic E-state index is 4.36. The number of fused-ring (bicyclic) bond motifs is 1. The molecule has 2 aromatic rings. The molecule has 0 aliphatic carbocycles. The van der Waals surface area contributed by atoms with Crippen molar-refractivity contribution in [2.24, 2.45) is 0 Å². The van der Waals surface area contributed by atoms with Gasteiger partial charge in [-0.2, -0.15) is 0 Å². The number of aromatic nitrogens is 2. The van der Waals surface area contributed by atoms with E-state index in [4.69, 9.17) is 0 Å². The van der Waals surface area contributed by atoms with Gasteiger partial charge in [0, 0.05) is 43.3 Å². The van der Waals surface area contributed by atoms with Crippen LogP contribution in [0, 0.1) is 0 Å². The van der Waals surface area contributed by atoms with Crippen molar-refractivity contribution in [1.29, 1.82) is 0 Å². The maximum Gasteiger partial charge on any atom is 0.0717 e. The van der Waals surface area contributed by atoms with Crippen molar-refractivity contribution in [2.45, 2.75) is 13.1 Å². The first-order valence-corrected chi connectivity index (χ1v) is 5.25. The van der Waals surface area contributed by atoms with Gasteiger partial charge in [-0.1, -0.05) is 6.07 Å². The first kappa shape index (κ1) is 8.68. The fourth-order valence-corrected chi connectivity index (χ4v) is 2.00. The lowest BCUT2D eigenvalue weighted by molar-refractivity contribution is 0.517. The van der Waals surface area contributed by atoms with Gasteiger partial charge in [-0.25, -0.2) is 0 Å².